The monoisotopic (exact) mass is 464 g/mol. The van der Waals surface area contributed by atoms with E-state index in [9.17, 15) is 26.4 Å². The minimum absolute atomic E-state index is 0.127. The van der Waals surface area contributed by atoms with E-state index in [0.29, 0.717) is 51.2 Å². The van der Waals surface area contributed by atoms with E-state index in [4.69, 9.17) is 9.84 Å². The van der Waals surface area contributed by atoms with Gasteiger partial charge in [0.1, 0.15) is 11.4 Å². The van der Waals surface area contributed by atoms with Gasteiger partial charge < -0.3 is 18.9 Å². The van der Waals surface area contributed by atoms with Gasteiger partial charge in [-0.05, 0) is 49.9 Å². The molecular formula is C19H23F3N2O6S. The zero-order valence-electron chi connectivity index (χ0n) is 16.5. The molecule has 4 rings (SSSR count). The second kappa shape index (κ2) is 7.82. The van der Waals surface area contributed by atoms with Crippen molar-refractivity contribution in [3.63, 3.8) is 0 Å². The summed E-state index contributed by atoms with van der Waals surface area (Å²) in [5.74, 6) is -0.414. The van der Waals surface area contributed by atoms with Crippen LogP contribution < -0.4 is 4.18 Å². The Morgan fingerprint density at radius 2 is 1.84 bits per heavy atom. The predicted molar refractivity (Wildman–Crippen MR) is 102 cm³/mol. The van der Waals surface area contributed by atoms with Crippen molar-refractivity contribution in [3.8, 4) is 5.75 Å². The van der Waals surface area contributed by atoms with E-state index in [-0.39, 0.29) is 17.7 Å². The van der Waals surface area contributed by atoms with Gasteiger partial charge in [-0.15, -0.1) is 0 Å². The normalized spacial score (nSPS) is 24.9. The number of amides is 1. The molecule has 3 saturated heterocycles. The molecule has 3 heterocycles. The molecule has 1 N–H and O–H groups in total. The van der Waals surface area contributed by atoms with Crippen LogP contribution in [0.1, 0.15) is 30.7 Å². The Kier molecular flexibility index (Phi) is 5.59. The third kappa shape index (κ3) is 4.33. The summed E-state index contributed by atoms with van der Waals surface area (Å²) in [7, 11) is -5.73. The van der Waals surface area contributed by atoms with Gasteiger partial charge >= 0.3 is 21.7 Å². The van der Waals surface area contributed by atoms with Crippen LogP contribution in [-0.2, 0) is 14.9 Å². The molecule has 3 aliphatic heterocycles. The summed E-state index contributed by atoms with van der Waals surface area (Å²) in [6.07, 6.45) is 1.06. The van der Waals surface area contributed by atoms with Crippen molar-refractivity contribution >= 4 is 16.2 Å². The molecule has 3 fully saturated rings. The maximum atomic E-state index is 12.7. The van der Waals surface area contributed by atoms with Crippen LogP contribution in [0.4, 0.5) is 18.0 Å². The van der Waals surface area contributed by atoms with Gasteiger partial charge in [-0.25, -0.2) is 4.79 Å². The Morgan fingerprint density at radius 3 is 2.45 bits per heavy atom. The highest BCUT2D eigenvalue weighted by Gasteiger charge is 2.53. The van der Waals surface area contributed by atoms with E-state index in [1.54, 1.807) is 12.1 Å². The molecule has 172 valence electrons. The van der Waals surface area contributed by atoms with Crippen LogP contribution in [0.25, 0.3) is 0 Å². The fourth-order valence-corrected chi connectivity index (χ4v) is 5.18. The van der Waals surface area contributed by atoms with Gasteiger partial charge in [0, 0.05) is 6.04 Å². The minimum Gasteiger partial charge on any atom is -0.465 e. The first kappa shape index (κ1) is 22.2. The maximum Gasteiger partial charge on any atom is 0.534 e. The number of hydrogen-bond acceptors (Lipinski definition) is 6. The first-order valence-corrected chi connectivity index (χ1v) is 11.4. The van der Waals surface area contributed by atoms with E-state index in [0.717, 1.165) is 6.42 Å². The van der Waals surface area contributed by atoms with E-state index >= 15 is 0 Å². The molecule has 8 nitrogen and oxygen atoms in total. The van der Waals surface area contributed by atoms with Crippen LogP contribution in [-0.4, -0.2) is 79.4 Å². The van der Waals surface area contributed by atoms with E-state index in [2.05, 4.69) is 9.08 Å². The van der Waals surface area contributed by atoms with Gasteiger partial charge in [-0.1, -0.05) is 18.2 Å². The third-order valence-electron chi connectivity index (χ3n) is 6.31. The van der Waals surface area contributed by atoms with Gasteiger partial charge in [0.05, 0.1) is 19.7 Å². The molecule has 12 heteroatoms. The van der Waals surface area contributed by atoms with Crippen molar-refractivity contribution in [2.45, 2.75) is 42.3 Å². The molecule has 0 unspecified atom stereocenters. The number of rotatable bonds is 4. The third-order valence-corrected chi connectivity index (χ3v) is 7.27. The highest BCUT2D eigenvalue weighted by atomic mass is 32.2. The van der Waals surface area contributed by atoms with Crippen molar-refractivity contribution in [1.82, 2.24) is 9.80 Å². The maximum absolute atomic E-state index is 12.7. The number of alkyl halides is 3. The Bertz CT molecular complexity index is 940. The second-order valence-electron chi connectivity index (χ2n) is 8.32. The zero-order valence-corrected chi connectivity index (χ0v) is 17.4. The van der Waals surface area contributed by atoms with Crippen LogP contribution >= 0.6 is 0 Å². The molecule has 3 aliphatic rings. The predicted octanol–water partition coefficient (Wildman–Crippen LogP) is 2.62. The van der Waals surface area contributed by atoms with E-state index < -0.39 is 27.3 Å². The van der Waals surface area contributed by atoms with Gasteiger partial charge in [0.2, 0.25) is 0 Å². The molecule has 0 radical (unpaired) electrons. The summed E-state index contributed by atoms with van der Waals surface area (Å²) in [4.78, 5) is 14.6. The summed E-state index contributed by atoms with van der Waals surface area (Å²) in [6.45, 7) is 2.61. The van der Waals surface area contributed by atoms with E-state index in [1.165, 1.54) is 17.0 Å². The second-order valence-corrected chi connectivity index (χ2v) is 9.86. The molecular weight excluding hydrogens is 441 g/mol. The molecule has 0 aliphatic carbocycles. The first-order valence-electron chi connectivity index (χ1n) is 9.95. The number of carboxylic acid groups (broad SMARTS) is 1. The van der Waals surface area contributed by atoms with Crippen molar-refractivity contribution in [2.75, 3.05) is 32.8 Å². The molecule has 1 aromatic rings. The summed E-state index contributed by atoms with van der Waals surface area (Å²) < 4.78 is 71.3. The lowest BCUT2D eigenvalue weighted by Gasteiger charge is -2.45. The lowest BCUT2D eigenvalue weighted by molar-refractivity contribution is -0.0982. The number of carbonyl (C=O) groups is 1. The van der Waals surface area contributed by atoms with Gasteiger partial charge in [-0.3, -0.25) is 4.90 Å². The van der Waals surface area contributed by atoms with E-state index in [1.807, 2.05) is 0 Å². The number of benzene rings is 1. The Balaban J connectivity index is 1.37. The van der Waals surface area contributed by atoms with Crippen molar-refractivity contribution in [1.29, 1.82) is 0 Å². The average molecular weight is 464 g/mol. The molecule has 0 saturated carbocycles. The summed E-state index contributed by atoms with van der Waals surface area (Å²) in [6, 6.07) is 6.09. The number of hydrogen-bond donors (Lipinski definition) is 1. The lowest BCUT2D eigenvalue weighted by Crippen LogP contribution is -2.63. The number of nitrogens with zero attached hydrogens (tertiary/aromatic N) is 2. The number of ether oxygens (including phenoxy) is 1. The summed E-state index contributed by atoms with van der Waals surface area (Å²) in [5, 5.41) is 9.02. The average Bonchev–Trinajstić information content (AvgIpc) is 3.12. The Hall–Kier alpha value is -2.05. The van der Waals surface area contributed by atoms with Crippen molar-refractivity contribution < 1.29 is 40.4 Å². The summed E-state index contributed by atoms with van der Waals surface area (Å²) in [5.41, 5.74) is -5.45. The minimum atomic E-state index is -5.73. The first-order chi connectivity index (χ1) is 14.5. The van der Waals surface area contributed by atoms with Crippen LogP contribution in [0.15, 0.2) is 24.3 Å². The molecule has 1 atom stereocenters. The van der Waals surface area contributed by atoms with Crippen molar-refractivity contribution in [2.24, 2.45) is 0 Å². The van der Waals surface area contributed by atoms with Crippen LogP contribution in [0.5, 0.6) is 5.75 Å². The lowest BCUT2D eigenvalue weighted by atomic mass is 9.86. The fraction of sp³-hybridized carbons (Fsp3) is 0.632. The number of likely N-dealkylation sites (tertiary alicyclic amines) is 2. The molecule has 1 aromatic carbocycles. The largest absolute Gasteiger partial charge is 0.534 e. The molecule has 1 amide bonds. The SMILES string of the molecule is O=C(O)N1CC2(C[C@H](N3CCC(c4ccccc4OS(=O)(=O)C(F)(F)F)CC3)CO2)C1. The van der Waals surface area contributed by atoms with Gasteiger partial charge in [-0.2, -0.15) is 21.6 Å². The highest BCUT2D eigenvalue weighted by Crippen LogP contribution is 2.40. The quantitative estimate of drug-likeness (QED) is 0.541. The molecule has 1 spiro atoms. The number of piperidine rings is 1. The van der Waals surface area contributed by atoms with Crippen LogP contribution in [0.2, 0.25) is 0 Å². The fourth-order valence-electron chi connectivity index (χ4n) is 4.69. The standard InChI is InChI=1S/C19H23F3N2O6S/c20-19(21,22)31(27,28)30-16-4-2-1-3-15(16)13-5-7-23(8-6-13)14-9-18(29-10-14)11-24(12-18)17(25)26/h1-4,13-14H,5-12H2,(H,25,26)/t14-/m0/s1. The Labute approximate surface area is 177 Å². The molecule has 0 bridgehead atoms. The summed E-state index contributed by atoms with van der Waals surface area (Å²) >= 11 is 0. The van der Waals surface area contributed by atoms with Crippen LogP contribution in [0.3, 0.4) is 0 Å². The molecule has 0 aromatic heterocycles. The zero-order chi connectivity index (χ0) is 22.4. The van der Waals surface area contributed by atoms with Crippen molar-refractivity contribution in [3.05, 3.63) is 29.8 Å². The van der Waals surface area contributed by atoms with Crippen LogP contribution in [0, 0.1) is 0 Å². The topological polar surface area (TPSA) is 96.4 Å². The number of para-hydroxylation sites is 1. The number of halogens is 3. The van der Waals surface area contributed by atoms with Gasteiger partial charge in [0.15, 0.2) is 0 Å². The smallest absolute Gasteiger partial charge is 0.465 e. The molecule has 31 heavy (non-hydrogen) atoms. The van der Waals surface area contributed by atoms with Gasteiger partial charge in [0.25, 0.3) is 0 Å². The Morgan fingerprint density at radius 1 is 1.19 bits per heavy atom. The highest BCUT2D eigenvalue weighted by molar-refractivity contribution is 7.88.